The molecule has 2 aliphatic rings. The quantitative estimate of drug-likeness (QED) is 0.789. The van der Waals surface area contributed by atoms with Gasteiger partial charge < -0.3 is 14.6 Å². The Hall–Kier alpha value is -1.20. The number of carbonyl (C=O) groups excluding carboxylic acids is 1. The Morgan fingerprint density at radius 3 is 3.11 bits per heavy atom. The monoisotopic (exact) mass is 264 g/mol. The smallest absolute Gasteiger partial charge is 0.256 e. The van der Waals surface area contributed by atoms with Gasteiger partial charge >= 0.3 is 0 Å². The first kappa shape index (κ1) is 11.9. The lowest BCUT2D eigenvalue weighted by Crippen LogP contribution is -2.32. The number of hydrogen-bond donors (Lipinski definition) is 1. The van der Waals surface area contributed by atoms with Gasteiger partial charge in [-0.15, -0.1) is 0 Å². The van der Waals surface area contributed by atoms with E-state index in [1.54, 1.807) is 12.3 Å². The van der Waals surface area contributed by atoms with Crippen LogP contribution in [0.5, 0.6) is 0 Å². The Morgan fingerprint density at radius 2 is 2.39 bits per heavy atom. The van der Waals surface area contributed by atoms with Crippen molar-refractivity contribution in [3.05, 3.63) is 28.5 Å². The fourth-order valence-corrected chi connectivity index (χ4v) is 3.06. The van der Waals surface area contributed by atoms with Crippen molar-refractivity contribution in [2.75, 3.05) is 26.3 Å². The van der Waals surface area contributed by atoms with Crippen LogP contribution in [0.4, 0.5) is 0 Å². The van der Waals surface area contributed by atoms with Crippen molar-refractivity contribution in [2.45, 2.75) is 12.8 Å². The Balaban J connectivity index is 1.79. The van der Waals surface area contributed by atoms with E-state index in [-0.39, 0.29) is 11.3 Å². The topological polar surface area (TPSA) is 45.3 Å². The zero-order valence-electron chi connectivity index (χ0n) is 10.1. The van der Waals surface area contributed by atoms with Gasteiger partial charge in [0, 0.05) is 31.3 Å². The van der Waals surface area contributed by atoms with Gasteiger partial charge in [0.1, 0.15) is 4.64 Å². The molecule has 1 amide bonds. The lowest BCUT2D eigenvalue weighted by atomic mass is 9.87. The number of ether oxygens (including phenoxy) is 1. The third kappa shape index (κ3) is 1.97. The van der Waals surface area contributed by atoms with Crippen LogP contribution < -0.4 is 0 Å². The van der Waals surface area contributed by atoms with E-state index in [0.717, 1.165) is 39.1 Å². The highest BCUT2D eigenvalue weighted by molar-refractivity contribution is 7.71. The van der Waals surface area contributed by atoms with Crippen molar-refractivity contribution in [3.8, 4) is 0 Å². The Morgan fingerprint density at radius 1 is 1.50 bits per heavy atom. The average molecular weight is 264 g/mol. The average Bonchev–Trinajstić information content (AvgIpc) is 3.00. The normalized spacial score (nSPS) is 27.0. The first-order chi connectivity index (χ1) is 8.70. The fourth-order valence-electron chi connectivity index (χ4n) is 2.84. The molecule has 2 aliphatic heterocycles. The summed E-state index contributed by atoms with van der Waals surface area (Å²) in [7, 11) is 0. The molecule has 3 rings (SSSR count). The van der Waals surface area contributed by atoms with E-state index >= 15 is 0 Å². The number of amides is 1. The Labute approximate surface area is 111 Å². The third-order valence-electron chi connectivity index (χ3n) is 3.96. The molecule has 2 saturated heterocycles. The second-order valence-electron chi connectivity index (χ2n) is 5.19. The molecule has 96 valence electrons. The number of nitrogens with one attached hydrogen (secondary N) is 1. The lowest BCUT2D eigenvalue weighted by Gasteiger charge is -2.22. The molecule has 1 aromatic rings. The molecular weight excluding hydrogens is 248 g/mol. The number of aromatic nitrogens is 1. The molecule has 0 aromatic carbocycles. The molecule has 0 aliphatic carbocycles. The molecule has 4 nitrogen and oxygen atoms in total. The lowest BCUT2D eigenvalue weighted by molar-refractivity contribution is 0.0764. The van der Waals surface area contributed by atoms with Crippen molar-refractivity contribution in [1.82, 2.24) is 9.88 Å². The first-order valence-corrected chi connectivity index (χ1v) is 6.66. The maximum absolute atomic E-state index is 12.4. The van der Waals surface area contributed by atoms with Crippen LogP contribution in [0.25, 0.3) is 0 Å². The zero-order chi connectivity index (χ0) is 12.6. The van der Waals surface area contributed by atoms with E-state index in [0.29, 0.717) is 10.2 Å². The van der Waals surface area contributed by atoms with E-state index in [4.69, 9.17) is 17.0 Å². The summed E-state index contributed by atoms with van der Waals surface area (Å²) >= 11 is 5.16. The largest absolute Gasteiger partial charge is 0.381 e. The highest BCUT2D eigenvalue weighted by atomic mass is 32.1. The summed E-state index contributed by atoms with van der Waals surface area (Å²) in [5, 5.41) is 0. The van der Waals surface area contributed by atoms with Crippen molar-refractivity contribution in [1.29, 1.82) is 0 Å². The SMILES string of the molecule is O=C(c1ccc[nH]c1=S)N1CC[C@@]2(CCOC2)C1. The molecule has 1 aromatic heterocycles. The summed E-state index contributed by atoms with van der Waals surface area (Å²) in [6.45, 7) is 3.23. The first-order valence-electron chi connectivity index (χ1n) is 6.25. The summed E-state index contributed by atoms with van der Waals surface area (Å²) in [4.78, 5) is 17.2. The molecule has 18 heavy (non-hydrogen) atoms. The van der Waals surface area contributed by atoms with Crippen LogP contribution in [0.3, 0.4) is 0 Å². The summed E-state index contributed by atoms with van der Waals surface area (Å²) in [5.41, 5.74) is 0.805. The second kappa shape index (κ2) is 4.48. The van der Waals surface area contributed by atoms with Gasteiger partial charge in [-0.2, -0.15) is 0 Å². The van der Waals surface area contributed by atoms with E-state index in [1.165, 1.54) is 0 Å². The van der Waals surface area contributed by atoms with Crippen molar-refractivity contribution < 1.29 is 9.53 Å². The minimum absolute atomic E-state index is 0.0422. The highest BCUT2D eigenvalue weighted by Crippen LogP contribution is 2.38. The molecule has 0 unspecified atom stereocenters. The maximum Gasteiger partial charge on any atom is 0.256 e. The molecule has 0 saturated carbocycles. The van der Waals surface area contributed by atoms with Crippen LogP contribution in [0.15, 0.2) is 18.3 Å². The van der Waals surface area contributed by atoms with E-state index in [2.05, 4.69) is 4.98 Å². The molecule has 1 spiro atoms. The van der Waals surface area contributed by atoms with Crippen molar-refractivity contribution >= 4 is 18.1 Å². The van der Waals surface area contributed by atoms with Crippen LogP contribution in [0.2, 0.25) is 0 Å². The second-order valence-corrected chi connectivity index (χ2v) is 5.60. The number of pyridine rings is 1. The number of rotatable bonds is 1. The summed E-state index contributed by atoms with van der Waals surface area (Å²) in [6.07, 6.45) is 3.86. The number of hydrogen-bond acceptors (Lipinski definition) is 3. The summed E-state index contributed by atoms with van der Waals surface area (Å²) in [6, 6.07) is 3.60. The Bertz CT molecular complexity index is 520. The van der Waals surface area contributed by atoms with Gasteiger partial charge in [0.15, 0.2) is 0 Å². The molecule has 1 atom stereocenters. The molecule has 0 bridgehead atoms. The predicted molar refractivity (Wildman–Crippen MR) is 70.0 cm³/mol. The molecule has 0 radical (unpaired) electrons. The van der Waals surface area contributed by atoms with E-state index in [1.807, 2.05) is 11.0 Å². The van der Waals surface area contributed by atoms with Gasteiger partial charge in [-0.25, -0.2) is 0 Å². The van der Waals surface area contributed by atoms with Crippen LogP contribution in [-0.2, 0) is 4.74 Å². The van der Waals surface area contributed by atoms with E-state index < -0.39 is 0 Å². The van der Waals surface area contributed by atoms with Crippen molar-refractivity contribution in [3.63, 3.8) is 0 Å². The minimum atomic E-state index is 0.0422. The summed E-state index contributed by atoms with van der Waals surface area (Å²) in [5.74, 6) is 0.0422. The van der Waals surface area contributed by atoms with Crippen LogP contribution in [0, 0.1) is 10.1 Å². The van der Waals surface area contributed by atoms with Crippen LogP contribution >= 0.6 is 12.2 Å². The molecular formula is C13H16N2O2S. The Kier molecular flexibility index (Phi) is 2.95. The van der Waals surface area contributed by atoms with Gasteiger partial charge in [0.05, 0.1) is 12.2 Å². The molecule has 3 heterocycles. The predicted octanol–water partition coefficient (Wildman–Crippen LogP) is 2.00. The minimum Gasteiger partial charge on any atom is -0.381 e. The fraction of sp³-hybridized carbons (Fsp3) is 0.538. The van der Waals surface area contributed by atoms with Crippen LogP contribution in [-0.4, -0.2) is 42.1 Å². The summed E-state index contributed by atoms with van der Waals surface area (Å²) < 4.78 is 5.99. The number of likely N-dealkylation sites (tertiary alicyclic amines) is 1. The maximum atomic E-state index is 12.4. The number of aromatic amines is 1. The standard InChI is InChI=1S/C13H16N2O2S/c16-12(10-2-1-5-14-11(10)18)15-6-3-13(8-15)4-7-17-9-13/h1-2,5H,3-4,6-9H2,(H,14,18)/t13-/m1/s1. The van der Waals surface area contributed by atoms with Gasteiger partial charge in [-0.1, -0.05) is 12.2 Å². The van der Waals surface area contributed by atoms with Crippen molar-refractivity contribution in [2.24, 2.45) is 5.41 Å². The number of nitrogens with zero attached hydrogens (tertiary/aromatic N) is 1. The van der Waals surface area contributed by atoms with Crippen LogP contribution in [0.1, 0.15) is 23.2 Å². The molecule has 1 N–H and O–H groups in total. The van der Waals surface area contributed by atoms with Gasteiger partial charge in [-0.05, 0) is 25.0 Å². The number of carbonyl (C=O) groups is 1. The highest BCUT2D eigenvalue weighted by Gasteiger charge is 2.42. The van der Waals surface area contributed by atoms with Gasteiger partial charge in [0.2, 0.25) is 0 Å². The third-order valence-corrected chi connectivity index (χ3v) is 4.30. The molecule has 5 heteroatoms. The van der Waals surface area contributed by atoms with Gasteiger partial charge in [0.25, 0.3) is 5.91 Å². The zero-order valence-corrected chi connectivity index (χ0v) is 11.0. The number of H-pyrrole nitrogens is 1. The van der Waals surface area contributed by atoms with Gasteiger partial charge in [-0.3, -0.25) is 4.79 Å². The van der Waals surface area contributed by atoms with E-state index in [9.17, 15) is 4.79 Å². The molecule has 2 fully saturated rings.